The molecule has 0 saturated heterocycles. The van der Waals surface area contributed by atoms with Gasteiger partial charge in [-0.2, -0.15) is 0 Å². The molecule has 2 amide bonds. The van der Waals surface area contributed by atoms with Crippen LogP contribution in [0.3, 0.4) is 0 Å². The second-order valence-corrected chi connectivity index (χ2v) is 9.25. The number of aromatic nitrogens is 1. The lowest BCUT2D eigenvalue weighted by Crippen LogP contribution is -2.47. The summed E-state index contributed by atoms with van der Waals surface area (Å²) in [5.41, 5.74) is 5.27. The summed E-state index contributed by atoms with van der Waals surface area (Å²) in [5.74, 6) is -0.816. The first-order valence-electron chi connectivity index (χ1n) is 12.4. The minimum atomic E-state index is -0.590. The van der Waals surface area contributed by atoms with E-state index in [9.17, 15) is 9.59 Å². The molecule has 0 spiro atoms. The maximum atomic E-state index is 14.1. The first-order chi connectivity index (χ1) is 17.5. The average molecular weight is 482 g/mol. The number of carbonyl (C=O) groups is 2. The number of hydrogen-bond acceptors (Lipinski definition) is 3. The van der Waals surface area contributed by atoms with Gasteiger partial charge >= 0.3 is 0 Å². The van der Waals surface area contributed by atoms with E-state index in [-0.39, 0.29) is 11.8 Å². The van der Waals surface area contributed by atoms with Crippen LogP contribution in [0.1, 0.15) is 45.9 Å². The first-order valence-corrected chi connectivity index (χ1v) is 12.4. The zero-order chi connectivity index (χ0) is 25.2. The number of amides is 2. The number of aryl methyl sites for hydroxylation is 2. The van der Waals surface area contributed by atoms with Gasteiger partial charge in [-0.15, -0.1) is 0 Å². The molecule has 2 heterocycles. The monoisotopic (exact) mass is 481 g/mol. The Morgan fingerprint density at radius 2 is 1.69 bits per heavy atom. The SMILES string of the molecule is CCc1ccc(NC(=O)C2c3ccccc3C(=O)N(CCOC)C2c2cn(C)c3ccccc23)cc1. The summed E-state index contributed by atoms with van der Waals surface area (Å²) in [5, 5.41) is 4.17. The molecular formula is C30H31N3O3. The third kappa shape index (κ3) is 4.18. The predicted octanol–water partition coefficient (Wildman–Crippen LogP) is 5.31. The summed E-state index contributed by atoms with van der Waals surface area (Å²) in [6.07, 6.45) is 2.98. The topological polar surface area (TPSA) is 63.6 Å². The number of ether oxygens (including phenoxy) is 1. The number of para-hydroxylation sites is 1. The lowest BCUT2D eigenvalue weighted by molar-refractivity contribution is -0.119. The molecule has 1 aliphatic rings. The summed E-state index contributed by atoms with van der Waals surface area (Å²) >= 11 is 0. The van der Waals surface area contributed by atoms with Gasteiger partial charge in [0.05, 0.1) is 18.6 Å². The van der Waals surface area contributed by atoms with Crippen LogP contribution in [0.25, 0.3) is 10.9 Å². The molecule has 0 bridgehead atoms. The highest BCUT2D eigenvalue weighted by Crippen LogP contribution is 2.45. The Balaban J connectivity index is 1.66. The normalized spacial score (nSPS) is 17.3. The zero-order valence-electron chi connectivity index (χ0n) is 20.9. The summed E-state index contributed by atoms with van der Waals surface area (Å²) in [6, 6.07) is 23.0. The molecule has 36 heavy (non-hydrogen) atoms. The van der Waals surface area contributed by atoms with Crippen molar-refractivity contribution in [3.8, 4) is 0 Å². The number of nitrogens with one attached hydrogen (secondary N) is 1. The van der Waals surface area contributed by atoms with Gasteiger partial charge in [-0.3, -0.25) is 9.59 Å². The van der Waals surface area contributed by atoms with E-state index >= 15 is 0 Å². The molecule has 0 radical (unpaired) electrons. The molecule has 184 valence electrons. The summed E-state index contributed by atoms with van der Waals surface area (Å²) in [6.45, 7) is 2.86. The van der Waals surface area contributed by atoms with Crippen molar-refractivity contribution in [2.75, 3.05) is 25.6 Å². The second-order valence-electron chi connectivity index (χ2n) is 9.25. The van der Waals surface area contributed by atoms with E-state index in [0.717, 1.165) is 34.1 Å². The van der Waals surface area contributed by atoms with Crippen LogP contribution in [0.4, 0.5) is 5.69 Å². The van der Waals surface area contributed by atoms with E-state index in [1.54, 1.807) is 12.0 Å². The van der Waals surface area contributed by atoms with E-state index in [1.807, 2.05) is 73.9 Å². The van der Waals surface area contributed by atoms with Gasteiger partial charge < -0.3 is 19.5 Å². The van der Waals surface area contributed by atoms with E-state index in [2.05, 4.69) is 28.9 Å². The molecule has 5 rings (SSSR count). The van der Waals surface area contributed by atoms with Gasteiger partial charge in [0, 0.05) is 54.6 Å². The lowest BCUT2D eigenvalue weighted by atomic mass is 9.79. The van der Waals surface area contributed by atoms with Crippen LogP contribution in [-0.2, 0) is 23.0 Å². The Kier molecular flexibility index (Phi) is 6.61. The van der Waals surface area contributed by atoms with Crippen LogP contribution in [-0.4, -0.2) is 41.5 Å². The highest BCUT2D eigenvalue weighted by molar-refractivity contribution is 6.05. The van der Waals surface area contributed by atoms with Crippen molar-refractivity contribution in [2.45, 2.75) is 25.3 Å². The van der Waals surface area contributed by atoms with Gasteiger partial charge in [0.1, 0.15) is 0 Å². The predicted molar refractivity (Wildman–Crippen MR) is 142 cm³/mol. The Morgan fingerprint density at radius 1 is 0.972 bits per heavy atom. The van der Waals surface area contributed by atoms with Gasteiger partial charge in [0.2, 0.25) is 5.91 Å². The van der Waals surface area contributed by atoms with Crippen molar-refractivity contribution in [2.24, 2.45) is 7.05 Å². The van der Waals surface area contributed by atoms with Gasteiger partial charge in [-0.05, 0) is 41.8 Å². The van der Waals surface area contributed by atoms with E-state index in [1.165, 1.54) is 5.56 Å². The van der Waals surface area contributed by atoms with Crippen LogP contribution in [0.2, 0.25) is 0 Å². The van der Waals surface area contributed by atoms with Gasteiger partial charge in [-0.1, -0.05) is 55.5 Å². The van der Waals surface area contributed by atoms with Crippen molar-refractivity contribution in [3.05, 3.63) is 101 Å². The third-order valence-corrected chi connectivity index (χ3v) is 7.13. The average Bonchev–Trinajstić information content (AvgIpc) is 3.24. The number of carbonyl (C=O) groups excluding carboxylic acids is 2. The van der Waals surface area contributed by atoms with Crippen LogP contribution < -0.4 is 5.32 Å². The van der Waals surface area contributed by atoms with E-state index in [0.29, 0.717) is 18.7 Å². The first kappa shape index (κ1) is 23.8. The number of fused-ring (bicyclic) bond motifs is 2. The Labute approximate surface area is 211 Å². The van der Waals surface area contributed by atoms with Crippen molar-refractivity contribution in [1.82, 2.24) is 9.47 Å². The summed E-state index contributed by atoms with van der Waals surface area (Å²) < 4.78 is 7.43. The number of hydrogen-bond donors (Lipinski definition) is 1. The molecule has 2 atom stereocenters. The lowest BCUT2D eigenvalue weighted by Gasteiger charge is -2.41. The number of anilines is 1. The molecule has 1 aliphatic heterocycles. The van der Waals surface area contributed by atoms with Crippen molar-refractivity contribution < 1.29 is 14.3 Å². The third-order valence-electron chi connectivity index (χ3n) is 7.13. The zero-order valence-corrected chi connectivity index (χ0v) is 20.9. The quantitative estimate of drug-likeness (QED) is 0.389. The number of benzene rings is 3. The summed E-state index contributed by atoms with van der Waals surface area (Å²) in [7, 11) is 3.62. The molecule has 0 aliphatic carbocycles. The van der Waals surface area contributed by atoms with Crippen LogP contribution >= 0.6 is 0 Å². The number of rotatable bonds is 7. The highest BCUT2D eigenvalue weighted by Gasteiger charge is 2.45. The molecule has 3 aromatic carbocycles. The van der Waals surface area contributed by atoms with Gasteiger partial charge in [0.15, 0.2) is 0 Å². The van der Waals surface area contributed by atoms with Gasteiger partial charge in [0.25, 0.3) is 5.91 Å². The van der Waals surface area contributed by atoms with Crippen LogP contribution in [0.5, 0.6) is 0 Å². The summed E-state index contributed by atoms with van der Waals surface area (Å²) in [4.78, 5) is 29.6. The molecular weight excluding hydrogens is 450 g/mol. The molecule has 1 aromatic heterocycles. The minimum Gasteiger partial charge on any atom is -0.383 e. The smallest absolute Gasteiger partial charge is 0.254 e. The second kappa shape index (κ2) is 9.99. The van der Waals surface area contributed by atoms with E-state index in [4.69, 9.17) is 4.74 Å². The van der Waals surface area contributed by atoms with Crippen molar-refractivity contribution >= 4 is 28.4 Å². The fraction of sp³-hybridized carbons (Fsp3) is 0.267. The fourth-order valence-electron chi connectivity index (χ4n) is 5.31. The van der Waals surface area contributed by atoms with Crippen LogP contribution in [0, 0.1) is 0 Å². The van der Waals surface area contributed by atoms with E-state index < -0.39 is 12.0 Å². The molecule has 6 nitrogen and oxygen atoms in total. The molecule has 2 unspecified atom stereocenters. The Morgan fingerprint density at radius 3 is 2.44 bits per heavy atom. The van der Waals surface area contributed by atoms with Gasteiger partial charge in [-0.25, -0.2) is 0 Å². The Bertz CT molecular complexity index is 1410. The van der Waals surface area contributed by atoms with Crippen molar-refractivity contribution in [1.29, 1.82) is 0 Å². The molecule has 6 heteroatoms. The van der Waals surface area contributed by atoms with Crippen LogP contribution in [0.15, 0.2) is 79.0 Å². The highest BCUT2D eigenvalue weighted by atomic mass is 16.5. The maximum absolute atomic E-state index is 14.1. The fourth-order valence-corrected chi connectivity index (χ4v) is 5.31. The molecule has 0 fully saturated rings. The molecule has 1 N–H and O–H groups in total. The Hall–Kier alpha value is -3.90. The number of methoxy groups -OCH3 is 1. The largest absolute Gasteiger partial charge is 0.383 e. The van der Waals surface area contributed by atoms with Crippen molar-refractivity contribution in [3.63, 3.8) is 0 Å². The molecule has 4 aromatic rings. The minimum absolute atomic E-state index is 0.0862. The molecule has 0 saturated carbocycles. The standard InChI is InChI=1S/C30H31N3O3/c1-4-20-13-15-21(16-14-20)31-29(34)27-23-10-5-6-11-24(23)30(35)33(17-18-36-3)28(27)25-19-32(2)26-12-8-7-9-22(25)26/h5-16,19,27-28H,4,17-18H2,1-3H3,(H,31,34). The maximum Gasteiger partial charge on any atom is 0.254 e. The number of nitrogens with zero attached hydrogens (tertiary/aromatic N) is 2.